The lowest BCUT2D eigenvalue weighted by Crippen LogP contribution is -2.51. The molecule has 5 nitrogen and oxygen atoms in total. The number of hydrogen-bond acceptors (Lipinski definition) is 4. The zero-order chi connectivity index (χ0) is 15.2. The van der Waals surface area contributed by atoms with E-state index in [1.165, 1.54) is 6.42 Å². The van der Waals surface area contributed by atoms with E-state index in [2.05, 4.69) is 23.8 Å². The molecule has 1 atom stereocenters. The molecular weight excluding hydrogens is 264 g/mol. The SMILES string of the molecule is CCC1CN(CCOc2ccc(C(=N)N)cc2)CCN1C. The molecule has 1 unspecified atom stereocenters. The van der Waals surface area contributed by atoms with E-state index in [-0.39, 0.29) is 5.84 Å². The van der Waals surface area contributed by atoms with Crippen LogP contribution >= 0.6 is 0 Å². The highest BCUT2D eigenvalue weighted by molar-refractivity contribution is 5.94. The standard InChI is InChI=1S/C16H26N4O/c1-3-14-12-20(9-8-19(14)2)10-11-21-15-6-4-13(5-7-15)16(17)18/h4-7,14H,3,8-12H2,1-2H3,(H3,17,18). The number of nitrogens with two attached hydrogens (primary N) is 1. The number of benzene rings is 1. The summed E-state index contributed by atoms with van der Waals surface area (Å²) in [4.78, 5) is 4.91. The number of ether oxygens (including phenoxy) is 1. The number of piperazine rings is 1. The van der Waals surface area contributed by atoms with Gasteiger partial charge >= 0.3 is 0 Å². The maximum absolute atomic E-state index is 7.36. The Balaban J connectivity index is 1.75. The van der Waals surface area contributed by atoms with E-state index in [9.17, 15) is 0 Å². The second-order valence-corrected chi connectivity index (χ2v) is 5.63. The third-order valence-electron chi connectivity index (χ3n) is 4.17. The van der Waals surface area contributed by atoms with E-state index in [4.69, 9.17) is 15.9 Å². The molecular formula is C16H26N4O. The average molecular weight is 290 g/mol. The Morgan fingerprint density at radius 2 is 2.05 bits per heavy atom. The number of nitrogens with zero attached hydrogens (tertiary/aromatic N) is 2. The third kappa shape index (κ3) is 4.44. The fraction of sp³-hybridized carbons (Fsp3) is 0.562. The van der Waals surface area contributed by atoms with Gasteiger partial charge in [-0.25, -0.2) is 0 Å². The van der Waals surface area contributed by atoms with Crippen molar-refractivity contribution in [2.75, 3.05) is 39.8 Å². The summed E-state index contributed by atoms with van der Waals surface area (Å²) in [5, 5.41) is 7.36. The van der Waals surface area contributed by atoms with Gasteiger partial charge in [0.25, 0.3) is 0 Å². The molecule has 2 rings (SSSR count). The Kier molecular flexibility index (Phi) is 5.59. The first-order chi connectivity index (χ1) is 10.1. The van der Waals surface area contributed by atoms with Gasteiger partial charge in [0, 0.05) is 37.8 Å². The molecule has 0 aromatic heterocycles. The van der Waals surface area contributed by atoms with Crippen molar-refractivity contribution in [1.82, 2.24) is 9.80 Å². The largest absolute Gasteiger partial charge is 0.492 e. The lowest BCUT2D eigenvalue weighted by Gasteiger charge is -2.39. The first kappa shape index (κ1) is 15.8. The molecule has 1 heterocycles. The lowest BCUT2D eigenvalue weighted by atomic mass is 10.1. The highest BCUT2D eigenvalue weighted by atomic mass is 16.5. The van der Waals surface area contributed by atoms with Crippen LogP contribution in [-0.2, 0) is 0 Å². The van der Waals surface area contributed by atoms with Gasteiger partial charge in [0.2, 0.25) is 0 Å². The maximum atomic E-state index is 7.36. The van der Waals surface area contributed by atoms with Crippen molar-refractivity contribution in [3.05, 3.63) is 29.8 Å². The predicted octanol–water partition coefficient (Wildman–Crippen LogP) is 1.38. The Morgan fingerprint density at radius 3 is 2.67 bits per heavy atom. The fourth-order valence-corrected chi connectivity index (χ4v) is 2.68. The van der Waals surface area contributed by atoms with Crippen LogP contribution in [0.4, 0.5) is 0 Å². The van der Waals surface area contributed by atoms with Crippen molar-refractivity contribution in [3.8, 4) is 5.75 Å². The summed E-state index contributed by atoms with van der Waals surface area (Å²) in [6, 6.07) is 8.04. The summed E-state index contributed by atoms with van der Waals surface area (Å²) in [6.45, 7) is 7.27. The summed E-state index contributed by atoms with van der Waals surface area (Å²) in [5.41, 5.74) is 6.16. The Labute approximate surface area is 127 Å². The zero-order valence-electron chi connectivity index (χ0n) is 13.0. The molecule has 1 aliphatic rings. The van der Waals surface area contributed by atoms with Crippen LogP contribution < -0.4 is 10.5 Å². The summed E-state index contributed by atoms with van der Waals surface area (Å²) in [5.74, 6) is 0.922. The van der Waals surface area contributed by atoms with Gasteiger partial charge in [-0.1, -0.05) is 6.92 Å². The van der Waals surface area contributed by atoms with Gasteiger partial charge in [-0.05, 0) is 37.7 Å². The van der Waals surface area contributed by atoms with Gasteiger partial charge in [-0.15, -0.1) is 0 Å². The Morgan fingerprint density at radius 1 is 1.33 bits per heavy atom. The molecule has 1 aromatic rings. The second-order valence-electron chi connectivity index (χ2n) is 5.63. The van der Waals surface area contributed by atoms with Gasteiger partial charge in [0.15, 0.2) is 0 Å². The van der Waals surface area contributed by atoms with Crippen LogP contribution in [0.2, 0.25) is 0 Å². The first-order valence-electron chi connectivity index (χ1n) is 7.60. The van der Waals surface area contributed by atoms with Crippen molar-refractivity contribution < 1.29 is 4.74 Å². The average Bonchev–Trinajstić information content (AvgIpc) is 2.49. The molecule has 0 saturated carbocycles. The molecule has 1 aliphatic heterocycles. The fourth-order valence-electron chi connectivity index (χ4n) is 2.68. The van der Waals surface area contributed by atoms with Gasteiger partial charge in [-0.3, -0.25) is 10.3 Å². The van der Waals surface area contributed by atoms with Gasteiger partial charge in [-0.2, -0.15) is 0 Å². The highest BCUT2D eigenvalue weighted by Gasteiger charge is 2.22. The minimum Gasteiger partial charge on any atom is -0.492 e. The molecule has 0 bridgehead atoms. The van der Waals surface area contributed by atoms with Gasteiger partial charge in [0.05, 0.1) is 0 Å². The van der Waals surface area contributed by atoms with Crippen LogP contribution in [0.15, 0.2) is 24.3 Å². The van der Waals surface area contributed by atoms with Crippen molar-refractivity contribution in [3.63, 3.8) is 0 Å². The van der Waals surface area contributed by atoms with Crippen molar-refractivity contribution in [2.24, 2.45) is 5.73 Å². The smallest absolute Gasteiger partial charge is 0.122 e. The molecule has 0 amide bonds. The Bertz CT molecular complexity index is 460. The molecule has 0 spiro atoms. The van der Waals surface area contributed by atoms with E-state index >= 15 is 0 Å². The van der Waals surface area contributed by atoms with Crippen LogP contribution in [0.5, 0.6) is 5.75 Å². The van der Waals surface area contributed by atoms with E-state index in [1.807, 2.05) is 24.3 Å². The molecule has 21 heavy (non-hydrogen) atoms. The van der Waals surface area contributed by atoms with Crippen molar-refractivity contribution in [2.45, 2.75) is 19.4 Å². The molecule has 3 N–H and O–H groups in total. The summed E-state index contributed by atoms with van der Waals surface area (Å²) in [7, 11) is 2.21. The van der Waals surface area contributed by atoms with Crippen LogP contribution in [0.3, 0.4) is 0 Å². The second kappa shape index (κ2) is 7.43. The van der Waals surface area contributed by atoms with Crippen LogP contribution in [0, 0.1) is 5.41 Å². The zero-order valence-corrected chi connectivity index (χ0v) is 13.0. The number of amidine groups is 1. The number of rotatable bonds is 6. The monoisotopic (exact) mass is 290 g/mol. The minimum atomic E-state index is 0.0876. The van der Waals surface area contributed by atoms with Crippen LogP contribution in [-0.4, -0.2) is 61.5 Å². The molecule has 1 aromatic carbocycles. The van der Waals surface area contributed by atoms with Crippen molar-refractivity contribution >= 4 is 5.84 Å². The summed E-state index contributed by atoms with van der Waals surface area (Å²) < 4.78 is 5.77. The summed E-state index contributed by atoms with van der Waals surface area (Å²) >= 11 is 0. The van der Waals surface area contributed by atoms with Gasteiger partial charge in [0.1, 0.15) is 18.2 Å². The maximum Gasteiger partial charge on any atom is 0.122 e. The first-order valence-corrected chi connectivity index (χ1v) is 7.60. The summed E-state index contributed by atoms with van der Waals surface area (Å²) in [6.07, 6.45) is 1.19. The quantitative estimate of drug-likeness (QED) is 0.613. The van der Waals surface area contributed by atoms with E-state index in [0.717, 1.165) is 37.5 Å². The Hall–Kier alpha value is -1.59. The van der Waals surface area contributed by atoms with E-state index in [1.54, 1.807) is 0 Å². The number of nitrogen functional groups attached to an aromatic ring is 1. The molecule has 0 radical (unpaired) electrons. The normalized spacial score (nSPS) is 20.4. The molecule has 1 fully saturated rings. The number of nitrogens with one attached hydrogen (secondary N) is 1. The number of likely N-dealkylation sites (N-methyl/N-ethyl adjacent to an activating group) is 1. The topological polar surface area (TPSA) is 65.6 Å². The molecule has 5 heteroatoms. The van der Waals surface area contributed by atoms with Crippen LogP contribution in [0.1, 0.15) is 18.9 Å². The van der Waals surface area contributed by atoms with Gasteiger partial charge < -0.3 is 15.4 Å². The van der Waals surface area contributed by atoms with Crippen LogP contribution in [0.25, 0.3) is 0 Å². The lowest BCUT2D eigenvalue weighted by molar-refractivity contribution is 0.0824. The molecule has 0 aliphatic carbocycles. The minimum absolute atomic E-state index is 0.0876. The third-order valence-corrected chi connectivity index (χ3v) is 4.17. The van der Waals surface area contributed by atoms with Crippen molar-refractivity contribution in [1.29, 1.82) is 5.41 Å². The number of hydrogen-bond donors (Lipinski definition) is 2. The van der Waals surface area contributed by atoms with E-state index in [0.29, 0.717) is 12.6 Å². The molecule has 116 valence electrons. The highest BCUT2D eigenvalue weighted by Crippen LogP contribution is 2.13. The predicted molar refractivity (Wildman–Crippen MR) is 86.1 cm³/mol. The molecule has 1 saturated heterocycles. The van der Waals surface area contributed by atoms with E-state index < -0.39 is 0 Å².